The van der Waals surface area contributed by atoms with Crippen molar-refractivity contribution >= 4 is 5.78 Å². The molecule has 1 fully saturated rings. The number of carbonyl (C=O) groups is 1. The van der Waals surface area contributed by atoms with Crippen LogP contribution >= 0.6 is 0 Å². The SMILES string of the molecule is CCN1CC(=O)C(C2CCC(C)(C)CC2)C=C(CC(C)N)C1. The number of nitrogens with two attached hydrogens (primary N) is 1. The fraction of sp³-hybridized carbons (Fsp3) is 0.842. The van der Waals surface area contributed by atoms with E-state index in [0.29, 0.717) is 23.7 Å². The lowest BCUT2D eigenvalue weighted by molar-refractivity contribution is -0.124. The highest BCUT2D eigenvalue weighted by molar-refractivity contribution is 5.85. The van der Waals surface area contributed by atoms with Crippen LogP contribution in [0.5, 0.6) is 0 Å². The molecule has 1 aliphatic heterocycles. The predicted molar refractivity (Wildman–Crippen MR) is 92.7 cm³/mol. The van der Waals surface area contributed by atoms with E-state index in [4.69, 9.17) is 5.73 Å². The standard InChI is InChI=1S/C19H34N2O/c1-5-21-12-15(10-14(2)20)11-17(18(22)13-21)16-6-8-19(3,4)9-7-16/h11,14,16-17H,5-10,12-13,20H2,1-4H3. The molecule has 22 heavy (non-hydrogen) atoms. The minimum absolute atomic E-state index is 0.126. The molecule has 126 valence electrons. The van der Waals surface area contributed by atoms with Gasteiger partial charge in [0.2, 0.25) is 0 Å². The molecule has 2 unspecified atom stereocenters. The largest absolute Gasteiger partial charge is 0.328 e. The molecule has 3 heteroatoms. The summed E-state index contributed by atoms with van der Waals surface area (Å²) in [5.74, 6) is 1.09. The molecule has 0 aromatic heterocycles. The molecule has 3 nitrogen and oxygen atoms in total. The molecule has 2 N–H and O–H groups in total. The summed E-state index contributed by atoms with van der Waals surface area (Å²) in [6, 6.07) is 0.170. The Morgan fingerprint density at radius 1 is 1.32 bits per heavy atom. The number of likely N-dealkylation sites (N-methyl/N-ethyl adjacent to an activating group) is 1. The Kier molecular flexibility index (Phi) is 5.84. The zero-order valence-electron chi connectivity index (χ0n) is 14.9. The number of hydrogen-bond acceptors (Lipinski definition) is 3. The maximum absolute atomic E-state index is 12.8. The van der Waals surface area contributed by atoms with Crippen LogP contribution in [-0.2, 0) is 4.79 Å². The Hall–Kier alpha value is -0.670. The number of hydrogen-bond donors (Lipinski definition) is 1. The van der Waals surface area contributed by atoms with Gasteiger partial charge in [0.1, 0.15) is 0 Å². The second-order valence-electron chi connectivity index (χ2n) is 8.30. The zero-order valence-corrected chi connectivity index (χ0v) is 14.9. The van der Waals surface area contributed by atoms with Crippen LogP contribution in [0.2, 0.25) is 0 Å². The van der Waals surface area contributed by atoms with Gasteiger partial charge in [-0.05, 0) is 56.9 Å². The maximum Gasteiger partial charge on any atom is 0.153 e. The van der Waals surface area contributed by atoms with Crippen LogP contribution in [0.1, 0.15) is 59.8 Å². The molecule has 2 rings (SSSR count). The van der Waals surface area contributed by atoms with Crippen molar-refractivity contribution in [1.82, 2.24) is 4.90 Å². The predicted octanol–water partition coefficient (Wildman–Crippen LogP) is 3.39. The molecular formula is C19H34N2O. The summed E-state index contributed by atoms with van der Waals surface area (Å²) < 4.78 is 0. The highest BCUT2D eigenvalue weighted by Crippen LogP contribution is 2.42. The fourth-order valence-electron chi connectivity index (χ4n) is 4.02. The van der Waals surface area contributed by atoms with E-state index in [1.54, 1.807) is 0 Å². The molecule has 2 aliphatic rings. The van der Waals surface area contributed by atoms with Gasteiger partial charge in [0.15, 0.2) is 5.78 Å². The van der Waals surface area contributed by atoms with E-state index < -0.39 is 0 Å². The lowest BCUT2D eigenvalue weighted by atomic mass is 9.68. The van der Waals surface area contributed by atoms with Gasteiger partial charge in [-0.25, -0.2) is 0 Å². The summed E-state index contributed by atoms with van der Waals surface area (Å²) in [7, 11) is 0. The van der Waals surface area contributed by atoms with Crippen LogP contribution < -0.4 is 5.73 Å². The van der Waals surface area contributed by atoms with Crippen LogP contribution in [0.4, 0.5) is 0 Å². The van der Waals surface area contributed by atoms with E-state index in [1.807, 2.05) is 0 Å². The third-order valence-corrected chi connectivity index (χ3v) is 5.52. The van der Waals surface area contributed by atoms with Crippen molar-refractivity contribution in [3.05, 3.63) is 11.6 Å². The molecule has 0 aromatic rings. The summed E-state index contributed by atoms with van der Waals surface area (Å²) >= 11 is 0. The first-order chi connectivity index (χ1) is 10.3. The third kappa shape index (κ3) is 4.66. The number of allylic oxidation sites excluding steroid dienone is 1. The smallest absolute Gasteiger partial charge is 0.153 e. The molecule has 0 aromatic carbocycles. The van der Waals surface area contributed by atoms with E-state index in [0.717, 1.165) is 19.5 Å². The van der Waals surface area contributed by atoms with Crippen molar-refractivity contribution in [1.29, 1.82) is 0 Å². The summed E-state index contributed by atoms with van der Waals surface area (Å²) in [5.41, 5.74) is 7.84. The second-order valence-corrected chi connectivity index (χ2v) is 8.30. The molecule has 1 saturated carbocycles. The number of rotatable bonds is 4. The van der Waals surface area contributed by atoms with E-state index in [9.17, 15) is 4.79 Å². The van der Waals surface area contributed by atoms with Gasteiger partial charge >= 0.3 is 0 Å². The normalized spacial score (nSPS) is 29.0. The third-order valence-electron chi connectivity index (χ3n) is 5.52. The molecule has 0 radical (unpaired) electrons. The van der Waals surface area contributed by atoms with Gasteiger partial charge in [-0.3, -0.25) is 9.69 Å². The van der Waals surface area contributed by atoms with Crippen molar-refractivity contribution in [3.63, 3.8) is 0 Å². The van der Waals surface area contributed by atoms with Gasteiger partial charge in [0.25, 0.3) is 0 Å². The molecule has 0 spiro atoms. The van der Waals surface area contributed by atoms with Gasteiger partial charge in [-0.2, -0.15) is 0 Å². The van der Waals surface area contributed by atoms with Crippen molar-refractivity contribution in [2.24, 2.45) is 23.0 Å². The second kappa shape index (κ2) is 7.27. The lowest BCUT2D eigenvalue weighted by Crippen LogP contribution is -2.35. The topological polar surface area (TPSA) is 46.3 Å². The first-order valence-electron chi connectivity index (χ1n) is 9.01. The minimum atomic E-state index is 0.126. The Morgan fingerprint density at radius 3 is 2.50 bits per heavy atom. The van der Waals surface area contributed by atoms with Crippen molar-refractivity contribution < 1.29 is 4.79 Å². The number of Topliss-reactive ketones (excluding diaryl/α,β-unsaturated/α-hetero) is 1. The van der Waals surface area contributed by atoms with Crippen molar-refractivity contribution in [2.75, 3.05) is 19.6 Å². The minimum Gasteiger partial charge on any atom is -0.328 e. The van der Waals surface area contributed by atoms with E-state index in [1.165, 1.54) is 31.3 Å². The van der Waals surface area contributed by atoms with Crippen LogP contribution in [0.25, 0.3) is 0 Å². The Labute approximate surface area is 136 Å². The van der Waals surface area contributed by atoms with E-state index in [2.05, 4.69) is 38.7 Å². The van der Waals surface area contributed by atoms with Crippen LogP contribution in [0.3, 0.4) is 0 Å². The van der Waals surface area contributed by atoms with Gasteiger partial charge in [0, 0.05) is 18.5 Å². The monoisotopic (exact) mass is 306 g/mol. The van der Waals surface area contributed by atoms with Crippen molar-refractivity contribution in [2.45, 2.75) is 65.8 Å². The first-order valence-corrected chi connectivity index (χ1v) is 9.01. The molecular weight excluding hydrogens is 272 g/mol. The molecule has 2 atom stereocenters. The first kappa shape index (κ1) is 17.7. The molecule has 0 saturated heterocycles. The molecule has 0 bridgehead atoms. The van der Waals surface area contributed by atoms with Crippen LogP contribution in [0.15, 0.2) is 11.6 Å². The van der Waals surface area contributed by atoms with Gasteiger partial charge in [-0.15, -0.1) is 0 Å². The molecule has 1 heterocycles. The van der Waals surface area contributed by atoms with Gasteiger partial charge in [0.05, 0.1) is 6.54 Å². The average Bonchev–Trinajstić information content (AvgIpc) is 2.57. The maximum atomic E-state index is 12.8. The number of nitrogens with zero attached hydrogens (tertiary/aromatic N) is 1. The summed E-state index contributed by atoms with van der Waals surface area (Å²) in [6.45, 7) is 11.4. The Bertz CT molecular complexity index is 415. The zero-order chi connectivity index (χ0) is 16.3. The van der Waals surface area contributed by atoms with Crippen LogP contribution in [-0.4, -0.2) is 36.4 Å². The summed E-state index contributed by atoms with van der Waals surface area (Å²) in [5, 5.41) is 0. The molecule has 1 aliphatic carbocycles. The lowest BCUT2D eigenvalue weighted by Gasteiger charge is -2.36. The Morgan fingerprint density at radius 2 is 1.95 bits per heavy atom. The highest BCUT2D eigenvalue weighted by Gasteiger charge is 2.35. The quantitative estimate of drug-likeness (QED) is 0.810. The fourth-order valence-corrected chi connectivity index (χ4v) is 4.02. The van der Waals surface area contributed by atoms with E-state index in [-0.39, 0.29) is 12.0 Å². The average molecular weight is 306 g/mol. The van der Waals surface area contributed by atoms with Crippen molar-refractivity contribution in [3.8, 4) is 0 Å². The highest BCUT2D eigenvalue weighted by atomic mass is 16.1. The summed E-state index contributed by atoms with van der Waals surface area (Å²) in [6.07, 6.45) is 8.09. The van der Waals surface area contributed by atoms with Gasteiger partial charge in [-0.1, -0.05) is 32.4 Å². The van der Waals surface area contributed by atoms with Gasteiger partial charge < -0.3 is 5.73 Å². The molecule has 0 amide bonds. The number of ketones is 1. The Balaban J connectivity index is 2.14. The van der Waals surface area contributed by atoms with Crippen LogP contribution in [0, 0.1) is 17.3 Å². The number of carbonyl (C=O) groups excluding carboxylic acids is 1. The summed E-state index contributed by atoms with van der Waals surface area (Å²) in [4.78, 5) is 15.0. The van der Waals surface area contributed by atoms with E-state index >= 15 is 0 Å².